The number of phenols is 1. The van der Waals surface area contributed by atoms with Crippen LogP contribution in [-0.4, -0.2) is 46.1 Å². The van der Waals surface area contributed by atoms with Crippen molar-refractivity contribution < 1.29 is 24.2 Å². The van der Waals surface area contributed by atoms with Crippen LogP contribution >= 0.6 is 0 Å². The Hall–Kier alpha value is -4.77. The number of amides is 3. The first-order chi connectivity index (χ1) is 21.3. The standard InChI is InChI=1S/C37H45N3O5/c1-8-10-13-23-40(35(43)31(38-36(44)45-37(5,6)7)24-27-19-21-29(41)22-20-27)33(30-18-12-11-17-28(30)9-2)34(42)39-32-25(3)15-14-16-26(32)4/h2,11-12,14-22,31,33,41H,8,10,13,23-24H2,1,3-7H3,(H,38,44)(H,39,42). The van der Waals surface area contributed by atoms with Crippen LogP contribution in [0.2, 0.25) is 0 Å². The van der Waals surface area contributed by atoms with Crippen molar-refractivity contribution in [3.05, 3.63) is 94.5 Å². The molecule has 0 saturated carbocycles. The van der Waals surface area contributed by atoms with Gasteiger partial charge < -0.3 is 25.4 Å². The number of anilines is 1. The van der Waals surface area contributed by atoms with Crippen molar-refractivity contribution in [2.24, 2.45) is 0 Å². The molecule has 45 heavy (non-hydrogen) atoms. The number of benzene rings is 3. The fourth-order valence-corrected chi connectivity index (χ4v) is 5.14. The van der Waals surface area contributed by atoms with Crippen molar-refractivity contribution in [1.82, 2.24) is 10.2 Å². The monoisotopic (exact) mass is 611 g/mol. The summed E-state index contributed by atoms with van der Waals surface area (Å²) in [5.74, 6) is 1.88. The van der Waals surface area contributed by atoms with Crippen LogP contribution < -0.4 is 10.6 Å². The number of unbranched alkanes of at least 4 members (excludes halogenated alkanes) is 2. The van der Waals surface area contributed by atoms with Crippen LogP contribution in [0.1, 0.15) is 80.8 Å². The molecule has 2 atom stereocenters. The molecule has 0 aliphatic heterocycles. The second-order valence-electron chi connectivity index (χ2n) is 12.2. The normalized spacial score (nSPS) is 12.4. The summed E-state index contributed by atoms with van der Waals surface area (Å²) in [4.78, 5) is 43.6. The van der Waals surface area contributed by atoms with Crippen LogP contribution in [0.25, 0.3) is 0 Å². The molecule has 8 heteroatoms. The van der Waals surface area contributed by atoms with E-state index in [-0.39, 0.29) is 18.7 Å². The summed E-state index contributed by atoms with van der Waals surface area (Å²) < 4.78 is 5.52. The second kappa shape index (κ2) is 15.8. The number of aromatic hydroxyl groups is 1. The summed E-state index contributed by atoms with van der Waals surface area (Å²) >= 11 is 0. The van der Waals surface area contributed by atoms with E-state index in [1.165, 1.54) is 17.0 Å². The molecule has 3 rings (SSSR count). The van der Waals surface area contributed by atoms with Crippen molar-refractivity contribution in [1.29, 1.82) is 0 Å². The number of aryl methyl sites for hydroxylation is 2. The highest BCUT2D eigenvalue weighted by atomic mass is 16.6. The Morgan fingerprint density at radius 2 is 1.60 bits per heavy atom. The Balaban J connectivity index is 2.15. The number of ether oxygens (including phenoxy) is 1. The molecule has 0 aliphatic rings. The zero-order valence-electron chi connectivity index (χ0n) is 27.1. The molecule has 3 aromatic rings. The fourth-order valence-electron chi connectivity index (χ4n) is 5.14. The lowest BCUT2D eigenvalue weighted by molar-refractivity contribution is -0.140. The molecule has 3 amide bonds. The van der Waals surface area contributed by atoms with E-state index in [1.807, 2.05) is 32.0 Å². The number of carbonyl (C=O) groups excluding carboxylic acids is 3. The van der Waals surface area contributed by atoms with Gasteiger partial charge in [0.25, 0.3) is 5.91 Å². The quantitative estimate of drug-likeness (QED) is 0.154. The number of phenolic OH excluding ortho intramolecular Hbond substituents is 1. The highest BCUT2D eigenvalue weighted by Crippen LogP contribution is 2.30. The minimum absolute atomic E-state index is 0.0806. The van der Waals surface area contributed by atoms with Gasteiger partial charge in [0.05, 0.1) is 0 Å². The molecular weight excluding hydrogens is 566 g/mol. The smallest absolute Gasteiger partial charge is 0.408 e. The molecule has 3 N–H and O–H groups in total. The minimum Gasteiger partial charge on any atom is -0.508 e. The van der Waals surface area contributed by atoms with Gasteiger partial charge in [-0.15, -0.1) is 6.42 Å². The maximum Gasteiger partial charge on any atom is 0.408 e. The van der Waals surface area contributed by atoms with E-state index in [4.69, 9.17) is 11.2 Å². The summed E-state index contributed by atoms with van der Waals surface area (Å²) in [6, 6.07) is 17.1. The number of nitrogens with one attached hydrogen (secondary N) is 2. The largest absolute Gasteiger partial charge is 0.508 e. The third-order valence-corrected chi connectivity index (χ3v) is 7.35. The predicted molar refractivity (Wildman–Crippen MR) is 178 cm³/mol. The number of terminal acetylenes is 1. The first kappa shape index (κ1) is 34.7. The molecule has 0 fully saturated rings. The zero-order chi connectivity index (χ0) is 33.1. The Morgan fingerprint density at radius 1 is 0.956 bits per heavy atom. The number of carbonyl (C=O) groups is 3. The average molecular weight is 612 g/mol. The third kappa shape index (κ3) is 9.87. The van der Waals surface area contributed by atoms with Gasteiger partial charge in [-0.3, -0.25) is 9.59 Å². The molecule has 3 aromatic carbocycles. The van der Waals surface area contributed by atoms with E-state index >= 15 is 0 Å². The van der Waals surface area contributed by atoms with Gasteiger partial charge in [-0.2, -0.15) is 0 Å². The van der Waals surface area contributed by atoms with Crippen molar-refractivity contribution in [3.63, 3.8) is 0 Å². The van der Waals surface area contributed by atoms with Crippen molar-refractivity contribution in [2.75, 3.05) is 11.9 Å². The van der Waals surface area contributed by atoms with Gasteiger partial charge in [-0.1, -0.05) is 74.2 Å². The maximum absolute atomic E-state index is 14.7. The van der Waals surface area contributed by atoms with Crippen LogP contribution in [-0.2, 0) is 20.7 Å². The SMILES string of the molecule is C#Cc1ccccc1C(C(=O)Nc1c(C)cccc1C)N(CCCCC)C(=O)C(Cc1ccc(O)cc1)NC(=O)OC(C)(C)C. The first-order valence-electron chi connectivity index (χ1n) is 15.3. The third-order valence-electron chi connectivity index (χ3n) is 7.35. The highest BCUT2D eigenvalue weighted by molar-refractivity contribution is 6.00. The van der Waals surface area contributed by atoms with Crippen LogP contribution in [0.3, 0.4) is 0 Å². The van der Waals surface area contributed by atoms with E-state index in [1.54, 1.807) is 57.2 Å². The molecule has 0 radical (unpaired) electrons. The molecule has 8 nitrogen and oxygen atoms in total. The number of nitrogens with zero attached hydrogens (tertiary/aromatic N) is 1. The Morgan fingerprint density at radius 3 is 2.20 bits per heavy atom. The van der Waals surface area contributed by atoms with Crippen LogP contribution in [0.4, 0.5) is 10.5 Å². The van der Waals surface area contributed by atoms with Gasteiger partial charge in [0.15, 0.2) is 0 Å². The van der Waals surface area contributed by atoms with Crippen molar-refractivity contribution in [2.45, 2.75) is 84.9 Å². The first-order valence-corrected chi connectivity index (χ1v) is 15.3. The number of rotatable bonds is 12. The Bertz CT molecular complexity index is 1500. The van der Waals surface area contributed by atoms with Crippen molar-refractivity contribution >= 4 is 23.6 Å². The molecule has 0 aliphatic carbocycles. The summed E-state index contributed by atoms with van der Waals surface area (Å²) in [5.41, 5.74) is 3.34. The molecule has 0 heterocycles. The van der Waals surface area contributed by atoms with Crippen LogP contribution in [0, 0.1) is 26.2 Å². The lowest BCUT2D eigenvalue weighted by Crippen LogP contribution is -2.53. The highest BCUT2D eigenvalue weighted by Gasteiger charge is 2.37. The zero-order valence-corrected chi connectivity index (χ0v) is 27.1. The summed E-state index contributed by atoms with van der Waals surface area (Å²) in [6.45, 7) is 11.4. The molecule has 0 spiro atoms. The Kier molecular flexibility index (Phi) is 12.2. The molecule has 238 valence electrons. The molecule has 0 aromatic heterocycles. The van der Waals surface area contributed by atoms with Gasteiger partial charge in [0.2, 0.25) is 5.91 Å². The molecular formula is C37H45N3O5. The maximum atomic E-state index is 14.7. The molecule has 2 unspecified atom stereocenters. The van der Waals surface area contributed by atoms with Crippen molar-refractivity contribution in [3.8, 4) is 18.1 Å². The second-order valence-corrected chi connectivity index (χ2v) is 12.2. The van der Waals surface area contributed by atoms with Gasteiger partial charge in [-0.05, 0) is 81.5 Å². The van der Waals surface area contributed by atoms with E-state index in [0.29, 0.717) is 28.8 Å². The Labute approximate surface area is 267 Å². The van der Waals surface area contributed by atoms with Gasteiger partial charge in [-0.25, -0.2) is 4.79 Å². The van der Waals surface area contributed by atoms with E-state index < -0.39 is 35.6 Å². The molecule has 0 bridgehead atoms. The van der Waals surface area contributed by atoms with Crippen LogP contribution in [0.5, 0.6) is 5.75 Å². The average Bonchev–Trinajstić information content (AvgIpc) is 2.98. The van der Waals surface area contributed by atoms with Gasteiger partial charge >= 0.3 is 6.09 Å². The van der Waals surface area contributed by atoms with Gasteiger partial charge in [0.1, 0.15) is 23.4 Å². The summed E-state index contributed by atoms with van der Waals surface area (Å²) in [5, 5.41) is 15.7. The predicted octanol–water partition coefficient (Wildman–Crippen LogP) is 6.82. The number of hydrogen-bond donors (Lipinski definition) is 3. The summed E-state index contributed by atoms with van der Waals surface area (Å²) in [6.07, 6.45) is 7.61. The number of para-hydroxylation sites is 1. The lowest BCUT2D eigenvalue weighted by Gasteiger charge is -2.35. The number of hydrogen-bond acceptors (Lipinski definition) is 5. The number of alkyl carbamates (subject to hydrolysis) is 1. The topological polar surface area (TPSA) is 108 Å². The minimum atomic E-state index is -1.09. The van der Waals surface area contributed by atoms with E-state index in [9.17, 15) is 19.5 Å². The van der Waals surface area contributed by atoms with Crippen LogP contribution in [0.15, 0.2) is 66.7 Å². The van der Waals surface area contributed by atoms with E-state index in [0.717, 1.165) is 24.0 Å². The lowest BCUT2D eigenvalue weighted by atomic mass is 9.96. The van der Waals surface area contributed by atoms with E-state index in [2.05, 4.69) is 23.5 Å². The summed E-state index contributed by atoms with van der Waals surface area (Å²) in [7, 11) is 0. The molecule has 0 saturated heterocycles. The fraction of sp³-hybridized carbons (Fsp3) is 0.378. The van der Waals surface area contributed by atoms with Gasteiger partial charge in [0, 0.05) is 24.2 Å².